The highest BCUT2D eigenvalue weighted by Crippen LogP contribution is 2.24. The molecule has 0 saturated carbocycles. The summed E-state index contributed by atoms with van der Waals surface area (Å²) in [4.78, 5) is 19.6. The van der Waals surface area contributed by atoms with Crippen molar-refractivity contribution in [3.8, 4) is 5.75 Å². The summed E-state index contributed by atoms with van der Waals surface area (Å²) < 4.78 is 5.32. The van der Waals surface area contributed by atoms with Crippen molar-refractivity contribution in [3.05, 3.63) is 24.3 Å². The van der Waals surface area contributed by atoms with Crippen LogP contribution < -0.4 is 9.64 Å². The molecule has 3 rings (SSSR count). The molecular weight excluding hydrogens is 314 g/mol. The summed E-state index contributed by atoms with van der Waals surface area (Å²) in [6.07, 6.45) is 3.52. The molecule has 1 aromatic rings. The van der Waals surface area contributed by atoms with Crippen molar-refractivity contribution < 1.29 is 9.53 Å². The molecule has 1 amide bonds. The second-order valence-electron chi connectivity index (χ2n) is 7.39. The number of ether oxygens (including phenoxy) is 1. The Bertz CT molecular complexity index is 574. The third-order valence-corrected chi connectivity index (χ3v) is 5.63. The summed E-state index contributed by atoms with van der Waals surface area (Å²) in [7, 11) is 1.70. The molecule has 5 heteroatoms. The van der Waals surface area contributed by atoms with Gasteiger partial charge in [-0.05, 0) is 45.2 Å². The zero-order valence-electron chi connectivity index (χ0n) is 15.8. The molecule has 0 aromatic heterocycles. The van der Waals surface area contributed by atoms with Gasteiger partial charge in [0.15, 0.2) is 0 Å². The minimum Gasteiger partial charge on any atom is -0.497 e. The van der Waals surface area contributed by atoms with Gasteiger partial charge in [0.25, 0.3) is 0 Å². The first-order valence-corrected chi connectivity index (χ1v) is 9.51. The van der Waals surface area contributed by atoms with Gasteiger partial charge in [-0.3, -0.25) is 9.69 Å². The molecule has 0 bridgehead atoms. The third kappa shape index (κ3) is 4.27. The van der Waals surface area contributed by atoms with Gasteiger partial charge in [-0.25, -0.2) is 0 Å². The maximum atomic E-state index is 12.8. The van der Waals surface area contributed by atoms with Gasteiger partial charge in [-0.2, -0.15) is 0 Å². The monoisotopic (exact) mass is 345 g/mol. The number of likely N-dealkylation sites (tertiary alicyclic amines) is 1. The van der Waals surface area contributed by atoms with Crippen molar-refractivity contribution in [2.24, 2.45) is 0 Å². The molecule has 2 fully saturated rings. The molecule has 2 aliphatic heterocycles. The molecule has 1 aromatic carbocycles. The van der Waals surface area contributed by atoms with Gasteiger partial charge in [0.2, 0.25) is 5.91 Å². The summed E-state index contributed by atoms with van der Waals surface area (Å²) in [5.74, 6) is 1.19. The molecular formula is C20H31N3O2. The van der Waals surface area contributed by atoms with Gasteiger partial charge < -0.3 is 14.5 Å². The zero-order chi connectivity index (χ0) is 17.8. The van der Waals surface area contributed by atoms with Crippen LogP contribution in [0.3, 0.4) is 0 Å². The zero-order valence-corrected chi connectivity index (χ0v) is 15.8. The topological polar surface area (TPSA) is 36.0 Å². The van der Waals surface area contributed by atoms with Gasteiger partial charge in [0.1, 0.15) is 5.75 Å². The van der Waals surface area contributed by atoms with Gasteiger partial charge >= 0.3 is 0 Å². The molecule has 0 aliphatic carbocycles. The van der Waals surface area contributed by atoms with Gasteiger partial charge in [0.05, 0.1) is 13.7 Å². The molecule has 0 spiro atoms. The van der Waals surface area contributed by atoms with E-state index >= 15 is 0 Å². The standard InChI is InChI=1S/C20H31N3O2/c1-16-6-4-7-17(2)23(16)20(24)15-21-10-12-22(13-11-21)18-8-5-9-19(14-18)25-3/h5,8-9,14,16-17H,4,6-7,10-13,15H2,1-3H3. The van der Waals surface area contributed by atoms with E-state index in [1.807, 2.05) is 12.1 Å². The Labute approximate surface area is 151 Å². The predicted octanol–water partition coefficient (Wildman–Crippen LogP) is 2.61. The number of anilines is 1. The van der Waals surface area contributed by atoms with Crippen LogP contribution in [0.15, 0.2) is 24.3 Å². The minimum absolute atomic E-state index is 0.300. The summed E-state index contributed by atoms with van der Waals surface area (Å²) in [6.45, 7) is 8.69. The van der Waals surface area contributed by atoms with Gasteiger partial charge in [-0.15, -0.1) is 0 Å². The number of amides is 1. The number of carbonyl (C=O) groups excluding carboxylic acids is 1. The molecule has 2 saturated heterocycles. The normalized spacial score (nSPS) is 25.1. The average molecular weight is 345 g/mol. The number of methoxy groups -OCH3 is 1. The van der Waals surface area contributed by atoms with Crippen LogP contribution in [0.2, 0.25) is 0 Å². The fourth-order valence-corrected chi connectivity index (χ4v) is 4.16. The molecule has 5 nitrogen and oxygen atoms in total. The number of nitrogens with zero attached hydrogens (tertiary/aromatic N) is 3. The summed E-state index contributed by atoms with van der Waals surface area (Å²) in [6, 6.07) is 8.98. The van der Waals surface area contributed by atoms with E-state index in [1.54, 1.807) is 7.11 Å². The lowest BCUT2D eigenvalue weighted by Gasteiger charge is -2.41. The van der Waals surface area contributed by atoms with Crippen LogP contribution in [0.4, 0.5) is 5.69 Å². The number of hydrogen-bond donors (Lipinski definition) is 0. The Morgan fingerprint density at radius 2 is 1.80 bits per heavy atom. The van der Waals surface area contributed by atoms with E-state index in [-0.39, 0.29) is 0 Å². The van der Waals surface area contributed by atoms with Crippen molar-refractivity contribution in [2.45, 2.75) is 45.2 Å². The van der Waals surface area contributed by atoms with E-state index in [0.29, 0.717) is 24.5 Å². The van der Waals surface area contributed by atoms with Crippen LogP contribution in [-0.2, 0) is 4.79 Å². The molecule has 2 heterocycles. The van der Waals surface area contributed by atoms with Crippen molar-refractivity contribution in [1.29, 1.82) is 0 Å². The lowest BCUT2D eigenvalue weighted by Crippen LogP contribution is -2.54. The highest BCUT2D eigenvalue weighted by molar-refractivity contribution is 5.79. The van der Waals surface area contributed by atoms with E-state index in [4.69, 9.17) is 4.74 Å². The predicted molar refractivity (Wildman–Crippen MR) is 101 cm³/mol. The average Bonchev–Trinajstić information content (AvgIpc) is 2.62. The second kappa shape index (κ2) is 8.09. The van der Waals surface area contributed by atoms with Crippen LogP contribution in [0, 0.1) is 0 Å². The quantitative estimate of drug-likeness (QED) is 0.840. The maximum absolute atomic E-state index is 12.8. The van der Waals surface area contributed by atoms with Crippen molar-refractivity contribution in [2.75, 3.05) is 44.7 Å². The molecule has 0 N–H and O–H groups in total. The molecule has 2 atom stereocenters. The van der Waals surface area contributed by atoms with Crippen LogP contribution in [0.25, 0.3) is 0 Å². The summed E-state index contributed by atoms with van der Waals surface area (Å²) >= 11 is 0. The number of piperidine rings is 1. The van der Waals surface area contributed by atoms with Gasteiger partial charge in [-0.1, -0.05) is 6.07 Å². The third-order valence-electron chi connectivity index (χ3n) is 5.63. The SMILES string of the molecule is COc1cccc(N2CCN(CC(=O)N3C(C)CCCC3C)CC2)c1. The molecule has 2 aliphatic rings. The minimum atomic E-state index is 0.300. The van der Waals surface area contributed by atoms with E-state index in [1.165, 1.54) is 12.1 Å². The Balaban J connectivity index is 1.53. The highest BCUT2D eigenvalue weighted by atomic mass is 16.5. The molecule has 0 radical (unpaired) electrons. The fraction of sp³-hybridized carbons (Fsp3) is 0.650. The van der Waals surface area contributed by atoms with E-state index in [2.05, 4.69) is 40.7 Å². The van der Waals surface area contributed by atoms with Crippen molar-refractivity contribution >= 4 is 11.6 Å². The van der Waals surface area contributed by atoms with Gasteiger partial charge in [0, 0.05) is 50.0 Å². The first kappa shape index (κ1) is 18.1. The molecule has 138 valence electrons. The first-order valence-electron chi connectivity index (χ1n) is 9.51. The van der Waals surface area contributed by atoms with Crippen LogP contribution in [0.5, 0.6) is 5.75 Å². The molecule has 2 unspecified atom stereocenters. The van der Waals surface area contributed by atoms with Crippen molar-refractivity contribution in [1.82, 2.24) is 9.80 Å². The van der Waals surface area contributed by atoms with Crippen LogP contribution >= 0.6 is 0 Å². The smallest absolute Gasteiger partial charge is 0.237 e. The lowest BCUT2D eigenvalue weighted by molar-refractivity contribution is -0.138. The Morgan fingerprint density at radius 1 is 1.12 bits per heavy atom. The van der Waals surface area contributed by atoms with Crippen molar-refractivity contribution in [3.63, 3.8) is 0 Å². The van der Waals surface area contributed by atoms with Crippen LogP contribution in [-0.4, -0.2) is 67.6 Å². The number of piperazine rings is 1. The highest BCUT2D eigenvalue weighted by Gasteiger charge is 2.30. The number of benzene rings is 1. The Morgan fingerprint density at radius 3 is 2.44 bits per heavy atom. The Kier molecular flexibility index (Phi) is 5.84. The van der Waals surface area contributed by atoms with E-state index in [0.717, 1.165) is 44.8 Å². The fourth-order valence-electron chi connectivity index (χ4n) is 4.16. The Hall–Kier alpha value is -1.75. The number of rotatable bonds is 4. The van der Waals surface area contributed by atoms with E-state index in [9.17, 15) is 4.79 Å². The second-order valence-corrected chi connectivity index (χ2v) is 7.39. The number of hydrogen-bond acceptors (Lipinski definition) is 4. The van der Waals surface area contributed by atoms with E-state index < -0.39 is 0 Å². The molecule has 25 heavy (non-hydrogen) atoms. The lowest BCUT2D eigenvalue weighted by atomic mass is 9.97. The summed E-state index contributed by atoms with van der Waals surface area (Å²) in [5, 5.41) is 0. The maximum Gasteiger partial charge on any atom is 0.237 e. The summed E-state index contributed by atoms with van der Waals surface area (Å²) in [5.41, 5.74) is 1.20. The number of carbonyl (C=O) groups is 1. The largest absolute Gasteiger partial charge is 0.497 e. The first-order chi connectivity index (χ1) is 12.1. The van der Waals surface area contributed by atoms with Crippen LogP contribution in [0.1, 0.15) is 33.1 Å².